The molecule has 1 aromatic carbocycles. The van der Waals surface area contributed by atoms with Gasteiger partial charge in [0.05, 0.1) is 0 Å². The normalized spacial score (nSPS) is 18.8. The van der Waals surface area contributed by atoms with Crippen molar-refractivity contribution in [3.8, 4) is 11.5 Å². The molecule has 0 saturated heterocycles. The zero-order chi connectivity index (χ0) is 26.4. The van der Waals surface area contributed by atoms with Gasteiger partial charge in [-0.15, -0.1) is 0 Å². The van der Waals surface area contributed by atoms with Gasteiger partial charge in [-0.05, 0) is 87.8 Å². The molecular weight excluding hydrogens is 505 g/mol. The minimum absolute atomic E-state index is 0. The Morgan fingerprint density at radius 2 is 1.38 bits per heavy atom. The summed E-state index contributed by atoms with van der Waals surface area (Å²) >= 11 is 0. The van der Waals surface area contributed by atoms with E-state index in [1.165, 1.54) is 44.9 Å². The fourth-order valence-corrected chi connectivity index (χ4v) is 6.03. The first-order valence-corrected chi connectivity index (χ1v) is 15.3. The minimum atomic E-state index is -4.61. The Morgan fingerprint density at radius 3 is 1.89 bits per heavy atom. The van der Waals surface area contributed by atoms with E-state index in [2.05, 4.69) is 34.6 Å². The fourth-order valence-electron chi connectivity index (χ4n) is 5.52. The molecule has 3 atom stereocenters. The van der Waals surface area contributed by atoms with Crippen LogP contribution in [0.3, 0.4) is 0 Å². The number of ether oxygens (including phenoxy) is 1. The average Bonchev–Trinajstić information content (AvgIpc) is 2.74. The largest absolute Gasteiger partial charge is 0.524 e. The van der Waals surface area contributed by atoms with E-state index < -0.39 is 7.82 Å². The Balaban J connectivity index is 0.00000648. The molecule has 0 fully saturated rings. The fraction of sp³-hybridized carbons (Fsp3) is 0.793. The molecule has 0 bridgehead atoms. The smallest absolute Gasteiger partial charge is 0.487 e. The van der Waals surface area contributed by atoms with Gasteiger partial charge in [-0.25, -0.2) is 4.57 Å². The van der Waals surface area contributed by atoms with Gasteiger partial charge >= 0.3 is 7.82 Å². The van der Waals surface area contributed by atoms with E-state index in [1.807, 2.05) is 20.8 Å². The second-order valence-corrected chi connectivity index (χ2v) is 13.2. The Bertz CT molecular complexity index is 886. The van der Waals surface area contributed by atoms with Gasteiger partial charge in [0.1, 0.15) is 17.1 Å². The van der Waals surface area contributed by atoms with Crippen LogP contribution in [0.15, 0.2) is 0 Å². The molecule has 3 unspecified atom stereocenters. The Labute approximate surface area is 271 Å². The van der Waals surface area contributed by atoms with Gasteiger partial charge in [-0.1, -0.05) is 72.6 Å². The standard InChI is InChI=1S/C29H51O5P.2Na/c1-20(2)12-9-13-21(3)14-10-15-22(4)16-11-18-29(8)19-17-26-25(7)27(34-35(30,31)32)23(5)24(6)28(26)33-29;;/h20-22H,9-19H2,1-8H3,(H2,30,31,32);;. The summed E-state index contributed by atoms with van der Waals surface area (Å²) in [5.74, 6) is 3.59. The maximum atomic E-state index is 11.5. The second kappa shape index (κ2) is 17.0. The van der Waals surface area contributed by atoms with Crippen LogP contribution < -0.4 is 9.26 Å². The molecule has 0 aliphatic carbocycles. The predicted molar refractivity (Wildman–Crippen MR) is 157 cm³/mol. The summed E-state index contributed by atoms with van der Waals surface area (Å²) in [5.41, 5.74) is 3.24. The summed E-state index contributed by atoms with van der Waals surface area (Å²) in [5, 5.41) is 0. The number of rotatable bonds is 14. The van der Waals surface area contributed by atoms with E-state index >= 15 is 0 Å². The van der Waals surface area contributed by atoms with Gasteiger partial charge in [-0.3, -0.25) is 9.79 Å². The molecule has 8 heteroatoms. The molecule has 1 heterocycles. The number of hydrogen-bond acceptors (Lipinski definition) is 3. The van der Waals surface area contributed by atoms with E-state index in [-0.39, 0.29) is 64.7 Å². The monoisotopic (exact) mass is 556 g/mol. The van der Waals surface area contributed by atoms with Crippen molar-refractivity contribution in [3.05, 3.63) is 22.3 Å². The molecule has 0 saturated carbocycles. The summed E-state index contributed by atoms with van der Waals surface area (Å²) in [4.78, 5) is 18.7. The van der Waals surface area contributed by atoms with Crippen molar-refractivity contribution in [1.82, 2.24) is 0 Å². The molecular formula is C29H51Na2O5P. The quantitative estimate of drug-likeness (QED) is 0.180. The van der Waals surface area contributed by atoms with Crippen molar-refractivity contribution in [2.75, 3.05) is 0 Å². The maximum Gasteiger partial charge on any atom is 0.524 e. The van der Waals surface area contributed by atoms with Crippen molar-refractivity contribution >= 4 is 66.9 Å². The van der Waals surface area contributed by atoms with E-state index in [4.69, 9.17) is 9.26 Å². The summed E-state index contributed by atoms with van der Waals surface area (Å²) in [6, 6.07) is 0. The molecule has 1 aliphatic rings. The third kappa shape index (κ3) is 12.6. The van der Waals surface area contributed by atoms with Crippen molar-refractivity contribution in [3.63, 3.8) is 0 Å². The zero-order valence-electron chi connectivity index (χ0n) is 25.6. The molecule has 1 aromatic rings. The third-order valence-corrected chi connectivity index (χ3v) is 8.47. The first-order valence-electron chi connectivity index (χ1n) is 13.8. The first-order chi connectivity index (χ1) is 16.2. The van der Waals surface area contributed by atoms with Crippen LogP contribution in [0, 0.1) is 38.5 Å². The molecule has 0 amide bonds. The number of hydrogen-bond donors (Lipinski definition) is 2. The maximum absolute atomic E-state index is 11.5. The Kier molecular flexibility index (Phi) is 17.5. The SMILES string of the molecule is Cc1c(C)c2c(c(C)c1OP(=O)(O)O)CCC(C)(CCCC(C)CCCC(C)CCCC(C)C)O2.[Na].[Na]. The van der Waals surface area contributed by atoms with Crippen molar-refractivity contribution in [2.45, 2.75) is 132 Å². The summed E-state index contributed by atoms with van der Waals surface area (Å²) < 4.78 is 23.1. The van der Waals surface area contributed by atoms with E-state index in [0.29, 0.717) is 5.75 Å². The predicted octanol–water partition coefficient (Wildman–Crippen LogP) is 7.84. The number of fused-ring (bicyclic) bond motifs is 1. The molecule has 2 radical (unpaired) electrons. The van der Waals surface area contributed by atoms with Gasteiger partial charge in [0, 0.05) is 64.7 Å². The van der Waals surface area contributed by atoms with Gasteiger partial charge in [0.25, 0.3) is 0 Å². The van der Waals surface area contributed by atoms with Crippen LogP contribution in [0.4, 0.5) is 0 Å². The van der Waals surface area contributed by atoms with Crippen molar-refractivity contribution in [1.29, 1.82) is 0 Å². The van der Waals surface area contributed by atoms with E-state index in [0.717, 1.165) is 71.4 Å². The van der Waals surface area contributed by atoms with Crippen LogP contribution in [0.1, 0.15) is 121 Å². The van der Waals surface area contributed by atoms with E-state index in [9.17, 15) is 14.4 Å². The number of phosphoric ester groups is 1. The summed E-state index contributed by atoms with van der Waals surface area (Å²) in [6.45, 7) is 17.3. The molecule has 0 aromatic heterocycles. The molecule has 0 spiro atoms. The van der Waals surface area contributed by atoms with Crippen molar-refractivity contribution in [2.24, 2.45) is 17.8 Å². The van der Waals surface area contributed by atoms with Gasteiger partial charge < -0.3 is 9.26 Å². The number of phosphoric acid groups is 1. The van der Waals surface area contributed by atoms with Crippen LogP contribution in [0.5, 0.6) is 11.5 Å². The molecule has 2 N–H and O–H groups in total. The average molecular weight is 557 g/mol. The second-order valence-electron chi connectivity index (χ2n) is 12.0. The van der Waals surface area contributed by atoms with Crippen LogP contribution in [-0.2, 0) is 11.0 Å². The van der Waals surface area contributed by atoms with Gasteiger partial charge in [-0.2, -0.15) is 0 Å². The van der Waals surface area contributed by atoms with Gasteiger partial charge in [0.2, 0.25) is 0 Å². The number of benzene rings is 1. The molecule has 1 aliphatic heterocycles. The summed E-state index contributed by atoms with van der Waals surface area (Å²) in [6.07, 6.45) is 13.3. The Hall–Kier alpha value is 0.970. The van der Waals surface area contributed by atoms with E-state index in [1.54, 1.807) is 0 Å². The zero-order valence-corrected chi connectivity index (χ0v) is 30.5. The van der Waals surface area contributed by atoms with Crippen molar-refractivity contribution < 1.29 is 23.6 Å². The van der Waals surface area contributed by atoms with Crippen LogP contribution >= 0.6 is 7.82 Å². The topological polar surface area (TPSA) is 76.0 Å². The van der Waals surface area contributed by atoms with Crippen LogP contribution in [0.25, 0.3) is 0 Å². The molecule has 2 rings (SSSR count). The first kappa shape index (κ1) is 38.0. The molecule has 204 valence electrons. The third-order valence-electron chi connectivity index (χ3n) is 8.05. The Morgan fingerprint density at radius 1 is 0.865 bits per heavy atom. The summed E-state index contributed by atoms with van der Waals surface area (Å²) in [7, 11) is -4.61. The van der Waals surface area contributed by atoms with Gasteiger partial charge in [0.15, 0.2) is 0 Å². The molecule has 5 nitrogen and oxygen atoms in total. The van der Waals surface area contributed by atoms with Crippen LogP contribution in [0.2, 0.25) is 0 Å². The van der Waals surface area contributed by atoms with Crippen LogP contribution in [-0.4, -0.2) is 74.5 Å². The molecule has 37 heavy (non-hydrogen) atoms. The minimum Gasteiger partial charge on any atom is -0.487 e.